The molecule has 14 N–H and O–H groups in total. The van der Waals surface area contributed by atoms with Gasteiger partial charge in [0.25, 0.3) is 0 Å². The van der Waals surface area contributed by atoms with Crippen molar-refractivity contribution < 1.29 is 148 Å². The predicted octanol–water partition coefficient (Wildman–Crippen LogP) is -2.73. The van der Waals surface area contributed by atoms with Gasteiger partial charge in [0, 0.05) is 19.3 Å². The first kappa shape index (κ1) is 71.5. The molecule has 5 aliphatic heterocycles. The Labute approximate surface area is 531 Å². The Morgan fingerprint density at radius 3 is 1.83 bits per heavy atom. The molecule has 0 radical (unpaired) electrons. The minimum absolute atomic E-state index is 0.00321. The molecule has 9 fully saturated rings. The average Bonchev–Trinajstić information content (AvgIpc) is 0.732. The first-order chi connectivity index (χ1) is 43.0. The van der Waals surface area contributed by atoms with Crippen LogP contribution in [0, 0.1) is 50.2 Å². The van der Waals surface area contributed by atoms with Gasteiger partial charge in [-0.15, -0.1) is 0 Å². The van der Waals surface area contributed by atoms with Gasteiger partial charge < -0.3 is 128 Å². The van der Waals surface area contributed by atoms with E-state index >= 15 is 4.79 Å². The predicted molar refractivity (Wildman–Crippen MR) is 304 cm³/mol. The summed E-state index contributed by atoms with van der Waals surface area (Å²) in [6.07, 6.45) is -34.0. The Bertz CT molecular complexity index is 2720. The Hall–Kier alpha value is -3.26. The van der Waals surface area contributed by atoms with Crippen LogP contribution in [0.2, 0.25) is 0 Å². The zero-order valence-electron chi connectivity index (χ0n) is 53.3. The number of ether oxygens (including phenoxy) is 12. The molecule has 0 aromatic carbocycles. The summed E-state index contributed by atoms with van der Waals surface area (Å²) >= 11 is 0. The van der Waals surface area contributed by atoms with Crippen molar-refractivity contribution in [2.24, 2.45) is 50.2 Å². The number of esters is 3. The number of hydrogen-bond acceptors (Lipinski definition) is 29. The van der Waals surface area contributed by atoms with E-state index in [1.54, 1.807) is 0 Å². The molecule has 32 unspecified atom stereocenters. The fraction of sp³-hybridized carbons (Fsp3) is 0.903. The lowest BCUT2D eigenvalue weighted by molar-refractivity contribution is -0.384. The smallest absolute Gasteiger partial charge is 0.315 e. The fourth-order valence-corrected chi connectivity index (χ4v) is 18.2. The van der Waals surface area contributed by atoms with Crippen molar-refractivity contribution in [1.82, 2.24) is 0 Å². The second-order valence-electron chi connectivity index (χ2n) is 29.3. The van der Waals surface area contributed by atoms with Gasteiger partial charge in [0.1, 0.15) is 78.8 Å². The molecular formula is C62H96O30. The van der Waals surface area contributed by atoms with Gasteiger partial charge in [-0.05, 0) is 113 Å². The molecule has 92 heavy (non-hydrogen) atoms. The van der Waals surface area contributed by atoms with E-state index in [0.717, 1.165) is 19.4 Å². The van der Waals surface area contributed by atoms with Gasteiger partial charge in [-0.1, -0.05) is 39.3 Å². The number of fused-ring (bicyclic) bond motifs is 7. The molecule has 0 amide bonds. The van der Waals surface area contributed by atoms with Crippen LogP contribution in [0.4, 0.5) is 0 Å². The van der Waals surface area contributed by atoms with Crippen molar-refractivity contribution in [2.75, 3.05) is 33.0 Å². The molecule has 5 aliphatic carbocycles. The summed E-state index contributed by atoms with van der Waals surface area (Å²) < 4.78 is 72.7. The highest BCUT2D eigenvalue weighted by Gasteiger charge is 2.74. The molecule has 30 nitrogen and oxygen atoms in total. The third-order valence-electron chi connectivity index (χ3n) is 23.4. The summed E-state index contributed by atoms with van der Waals surface area (Å²) in [5, 5.41) is 154. The number of aliphatic hydroxyl groups is 13. The van der Waals surface area contributed by atoms with Crippen LogP contribution in [-0.2, 0) is 76.0 Å². The van der Waals surface area contributed by atoms with Crippen molar-refractivity contribution in [3.63, 3.8) is 0 Å². The number of carboxylic acid groups (broad SMARTS) is 1. The Kier molecular flexibility index (Phi) is 20.4. The van der Waals surface area contributed by atoms with Gasteiger partial charge >= 0.3 is 23.9 Å². The molecule has 30 heteroatoms. The van der Waals surface area contributed by atoms with Crippen LogP contribution in [0.15, 0.2) is 11.6 Å². The maximum absolute atomic E-state index is 16.0. The highest BCUT2D eigenvalue weighted by atomic mass is 16.8. The number of carbonyl (C=O) groups excluding carboxylic acids is 3. The van der Waals surface area contributed by atoms with Crippen LogP contribution in [0.3, 0.4) is 0 Å². The average molecular weight is 1320 g/mol. The number of hydrogen-bond donors (Lipinski definition) is 14. The van der Waals surface area contributed by atoms with Crippen LogP contribution in [0.5, 0.6) is 0 Å². The summed E-state index contributed by atoms with van der Waals surface area (Å²) in [6, 6.07) is 0. The van der Waals surface area contributed by atoms with E-state index in [1.165, 1.54) is 20.8 Å². The molecule has 0 aromatic heterocycles. The van der Waals surface area contributed by atoms with E-state index in [0.29, 0.717) is 25.7 Å². The Balaban J connectivity index is 0.971. The summed E-state index contributed by atoms with van der Waals surface area (Å²) in [5.41, 5.74) is -7.78. The molecule has 0 spiro atoms. The molecule has 5 saturated heterocycles. The van der Waals surface area contributed by atoms with E-state index in [-0.39, 0.29) is 50.0 Å². The van der Waals surface area contributed by atoms with Crippen LogP contribution < -0.4 is 0 Å². The summed E-state index contributed by atoms with van der Waals surface area (Å²) in [6.45, 7) is 11.5. The zero-order valence-corrected chi connectivity index (χ0v) is 53.3. The normalized spacial score (nSPS) is 51.6. The number of aliphatic carboxylic acids is 1. The molecule has 10 aliphatic rings. The molecule has 524 valence electrons. The second kappa shape index (κ2) is 26.2. The van der Waals surface area contributed by atoms with Gasteiger partial charge in [0.2, 0.25) is 6.29 Å². The van der Waals surface area contributed by atoms with E-state index in [1.807, 2.05) is 6.92 Å². The van der Waals surface area contributed by atoms with Gasteiger partial charge in [-0.25, -0.2) is 0 Å². The van der Waals surface area contributed by atoms with E-state index in [4.69, 9.17) is 56.8 Å². The van der Waals surface area contributed by atoms with E-state index < -0.39 is 236 Å². The minimum atomic E-state index is -2.23. The van der Waals surface area contributed by atoms with Gasteiger partial charge in [-0.3, -0.25) is 19.2 Å². The van der Waals surface area contributed by atoms with Crippen LogP contribution in [0.1, 0.15) is 120 Å². The standard InChI is InChI=1S/C62H96O30/c1-25-42(88-49-39(73)36(70)32(69)21-81-49)44(89-53-47(76)62(80,23-65)24-82-53)41(75)51(83-25)90-46-45(86-28(4)67)43(85-27(3)66)26(2)84-52(46)92-55(79)60-15-14-56(5,6)18-30(60)29-10-11-34-57(7)19-31(68)48(91-50-40(74)38(72)37(71)33(20-63)87-50)59(9,54(77)78)35(57)12-13-58(34,8)61(29,22-64)17-16-60/h10,25-26,30-53,63-65,68-76,80H,11-24H2,1-9H3,(H,77,78). The van der Waals surface area contributed by atoms with Crippen molar-refractivity contribution in [1.29, 1.82) is 0 Å². The lowest BCUT2D eigenvalue weighted by Gasteiger charge is -2.71. The summed E-state index contributed by atoms with van der Waals surface area (Å²) in [4.78, 5) is 55.9. The monoisotopic (exact) mass is 1320 g/mol. The fourth-order valence-electron chi connectivity index (χ4n) is 18.2. The number of carbonyl (C=O) groups is 4. The molecule has 4 saturated carbocycles. The number of aliphatic hydroxyl groups excluding tert-OH is 12. The minimum Gasteiger partial charge on any atom is -0.481 e. The first-order valence-electron chi connectivity index (χ1n) is 32.0. The van der Waals surface area contributed by atoms with Crippen molar-refractivity contribution in [3.8, 4) is 0 Å². The van der Waals surface area contributed by atoms with Crippen molar-refractivity contribution in [2.45, 2.75) is 267 Å². The third-order valence-corrected chi connectivity index (χ3v) is 23.4. The lowest BCUT2D eigenvalue weighted by atomic mass is 9.33. The van der Waals surface area contributed by atoms with Crippen molar-refractivity contribution in [3.05, 3.63) is 11.6 Å². The molecule has 0 bridgehead atoms. The van der Waals surface area contributed by atoms with Crippen molar-refractivity contribution >= 4 is 23.9 Å². The highest BCUT2D eigenvalue weighted by molar-refractivity contribution is 5.79. The largest absolute Gasteiger partial charge is 0.481 e. The highest BCUT2D eigenvalue weighted by Crippen LogP contribution is 2.76. The van der Waals surface area contributed by atoms with E-state index in [2.05, 4.69) is 26.8 Å². The lowest BCUT2D eigenvalue weighted by Crippen LogP contribution is -2.71. The van der Waals surface area contributed by atoms with E-state index in [9.17, 15) is 85.9 Å². The first-order valence-corrected chi connectivity index (χ1v) is 32.0. The van der Waals surface area contributed by atoms with Crippen LogP contribution in [-0.4, -0.2) is 275 Å². The Morgan fingerprint density at radius 1 is 0.587 bits per heavy atom. The maximum atomic E-state index is 16.0. The van der Waals surface area contributed by atoms with Crippen LogP contribution in [0.25, 0.3) is 0 Å². The maximum Gasteiger partial charge on any atom is 0.315 e. The molecular weight excluding hydrogens is 1220 g/mol. The molecule has 5 heterocycles. The topological polar surface area (TPSA) is 462 Å². The number of carboxylic acids is 1. The summed E-state index contributed by atoms with van der Waals surface area (Å²) in [5.74, 6) is -5.50. The number of allylic oxidation sites excluding steroid dienone is 1. The second-order valence-corrected chi connectivity index (χ2v) is 29.3. The van der Waals surface area contributed by atoms with Gasteiger partial charge in [0.15, 0.2) is 43.5 Å². The quantitative estimate of drug-likeness (QED) is 0.0323. The van der Waals surface area contributed by atoms with Gasteiger partial charge in [-0.2, -0.15) is 0 Å². The SMILES string of the molecule is CC(=O)OC1C(C)OC(OC(=O)C23CCC(C)(C)CC2C2=CCC4C5(C)CC(O)C(OC6OC(CO)C(O)C(O)C6O)C(C)(C(=O)O)C5CCC4(C)C2(CO)CC3)C(OC2OC(C)C(OC3OCC(O)C(O)C3O)C(OC3OCC(O)(CO)C3O)C2O)C1OC(C)=O. The Morgan fingerprint density at radius 2 is 1.20 bits per heavy atom. The third kappa shape index (κ3) is 11.9. The molecule has 10 rings (SSSR count). The molecule has 32 atom stereocenters. The van der Waals surface area contributed by atoms with Crippen LogP contribution >= 0.6 is 0 Å². The van der Waals surface area contributed by atoms with Gasteiger partial charge in [0.05, 0.1) is 62.2 Å². The number of rotatable bonds is 16. The summed E-state index contributed by atoms with van der Waals surface area (Å²) in [7, 11) is 0. The molecule has 0 aromatic rings. The zero-order chi connectivity index (χ0) is 67.5.